The van der Waals surface area contributed by atoms with Crippen LogP contribution < -0.4 is 4.74 Å². The molecule has 1 aromatic carbocycles. The molecule has 0 spiro atoms. The molecule has 2 atom stereocenters. The molecule has 0 saturated carbocycles. The highest BCUT2D eigenvalue weighted by atomic mass is 32.2. The van der Waals surface area contributed by atoms with Crippen LogP contribution in [0.4, 0.5) is 0 Å². The summed E-state index contributed by atoms with van der Waals surface area (Å²) in [6, 6.07) is 3.73. The SMILES string of the molecule is COCOc1c(C(C)(C)C)cc(C(O)C2CCCN(OC)S2(=O)=O)cc1C(C)(C)C. The van der Waals surface area contributed by atoms with Crippen LogP contribution in [0, 0.1) is 0 Å². The van der Waals surface area contributed by atoms with Gasteiger partial charge in [-0.3, -0.25) is 4.84 Å². The Labute approximate surface area is 181 Å². The van der Waals surface area contributed by atoms with Gasteiger partial charge in [-0.2, -0.15) is 0 Å². The van der Waals surface area contributed by atoms with E-state index < -0.39 is 21.4 Å². The van der Waals surface area contributed by atoms with Crippen molar-refractivity contribution in [3.05, 3.63) is 28.8 Å². The average Bonchev–Trinajstić information content (AvgIpc) is 2.63. The number of hydroxylamine groups is 1. The van der Waals surface area contributed by atoms with Crippen LogP contribution in [0.3, 0.4) is 0 Å². The van der Waals surface area contributed by atoms with Crippen molar-refractivity contribution in [3.8, 4) is 5.75 Å². The second-order valence-corrected chi connectivity index (χ2v) is 11.9. The molecular weight excluding hydrogens is 406 g/mol. The van der Waals surface area contributed by atoms with Gasteiger partial charge in [0.05, 0.1) is 13.2 Å². The standard InChI is InChI=1S/C22H37NO6S/c1-21(2,3)16-12-15(13-17(22(4,5)6)20(16)29-14-27-7)19(24)18-10-9-11-23(28-8)30(18,25)26/h12-13,18-19,24H,9-11,14H2,1-8H3. The van der Waals surface area contributed by atoms with E-state index in [-0.39, 0.29) is 17.6 Å². The van der Waals surface area contributed by atoms with Crippen LogP contribution >= 0.6 is 0 Å². The highest BCUT2D eigenvalue weighted by Crippen LogP contribution is 2.43. The predicted molar refractivity (Wildman–Crippen MR) is 117 cm³/mol. The second kappa shape index (κ2) is 9.12. The van der Waals surface area contributed by atoms with Crippen LogP contribution in [0.2, 0.25) is 0 Å². The molecule has 0 amide bonds. The molecule has 1 heterocycles. The lowest BCUT2D eigenvalue weighted by atomic mass is 9.77. The fourth-order valence-corrected chi connectivity index (χ4v) is 5.63. The summed E-state index contributed by atoms with van der Waals surface area (Å²) in [5, 5.41) is 10.3. The van der Waals surface area contributed by atoms with Gasteiger partial charge in [-0.25, -0.2) is 8.42 Å². The number of aliphatic hydroxyl groups excluding tert-OH is 1. The van der Waals surface area contributed by atoms with Crippen LogP contribution in [0.1, 0.15) is 77.2 Å². The lowest BCUT2D eigenvalue weighted by Gasteiger charge is -2.35. The normalized spacial score (nSPS) is 21.4. The topological polar surface area (TPSA) is 85.3 Å². The molecule has 2 unspecified atom stereocenters. The van der Waals surface area contributed by atoms with Gasteiger partial charge < -0.3 is 14.6 Å². The summed E-state index contributed by atoms with van der Waals surface area (Å²) in [7, 11) is -0.865. The average molecular weight is 444 g/mol. The van der Waals surface area contributed by atoms with E-state index in [0.29, 0.717) is 24.9 Å². The molecule has 8 heteroatoms. The number of nitrogens with zero attached hydrogens (tertiary/aromatic N) is 1. The quantitative estimate of drug-likeness (QED) is 0.676. The monoisotopic (exact) mass is 443 g/mol. The molecule has 0 aromatic heterocycles. The summed E-state index contributed by atoms with van der Waals surface area (Å²) in [6.45, 7) is 12.8. The molecule has 1 N–H and O–H groups in total. The third-order valence-electron chi connectivity index (χ3n) is 5.44. The number of ether oxygens (including phenoxy) is 2. The zero-order valence-corrected chi connectivity index (χ0v) is 20.3. The summed E-state index contributed by atoms with van der Waals surface area (Å²) in [5.74, 6) is 0.720. The zero-order chi connectivity index (χ0) is 22.9. The van der Waals surface area contributed by atoms with Crippen LogP contribution in [-0.4, -0.2) is 50.8 Å². The van der Waals surface area contributed by atoms with Crippen molar-refractivity contribution in [2.75, 3.05) is 27.6 Å². The van der Waals surface area contributed by atoms with E-state index in [4.69, 9.17) is 14.3 Å². The maximum Gasteiger partial charge on any atom is 0.241 e. The first-order valence-electron chi connectivity index (χ1n) is 10.3. The fourth-order valence-electron chi connectivity index (χ4n) is 3.79. The molecule has 2 rings (SSSR count). The van der Waals surface area contributed by atoms with Crippen LogP contribution in [0.25, 0.3) is 0 Å². The van der Waals surface area contributed by atoms with Gasteiger partial charge in [-0.05, 0) is 41.4 Å². The number of hydrogen-bond acceptors (Lipinski definition) is 6. The van der Waals surface area contributed by atoms with Crippen molar-refractivity contribution in [2.24, 2.45) is 0 Å². The highest BCUT2D eigenvalue weighted by molar-refractivity contribution is 7.89. The molecule has 1 aliphatic heterocycles. The Morgan fingerprint density at radius 1 is 1.10 bits per heavy atom. The van der Waals surface area contributed by atoms with Gasteiger partial charge in [-0.15, -0.1) is 0 Å². The number of sulfonamides is 1. The third kappa shape index (κ3) is 5.16. The maximum absolute atomic E-state index is 12.9. The molecule has 30 heavy (non-hydrogen) atoms. The Bertz CT molecular complexity index is 803. The van der Waals surface area contributed by atoms with E-state index >= 15 is 0 Å². The summed E-state index contributed by atoms with van der Waals surface area (Å²) in [4.78, 5) is 5.04. The molecule has 172 valence electrons. The van der Waals surface area contributed by atoms with Gasteiger partial charge in [0, 0.05) is 24.8 Å². The van der Waals surface area contributed by atoms with E-state index in [2.05, 4.69) is 41.5 Å². The van der Waals surface area contributed by atoms with Crippen molar-refractivity contribution in [1.29, 1.82) is 0 Å². The lowest BCUT2D eigenvalue weighted by Crippen LogP contribution is -2.45. The minimum Gasteiger partial charge on any atom is -0.467 e. The Balaban J connectivity index is 2.65. The summed E-state index contributed by atoms with van der Waals surface area (Å²) in [6.07, 6.45) is -0.171. The molecule has 0 radical (unpaired) electrons. The van der Waals surface area contributed by atoms with Crippen molar-refractivity contribution < 1.29 is 27.8 Å². The van der Waals surface area contributed by atoms with Crippen molar-refractivity contribution >= 4 is 10.0 Å². The number of aliphatic hydroxyl groups is 1. The smallest absolute Gasteiger partial charge is 0.241 e. The molecule has 1 saturated heterocycles. The second-order valence-electron chi connectivity index (χ2n) is 9.88. The Morgan fingerprint density at radius 3 is 2.07 bits per heavy atom. The number of hydrogen-bond donors (Lipinski definition) is 1. The Hall–Kier alpha value is -1.19. The summed E-state index contributed by atoms with van der Waals surface area (Å²) < 4.78 is 38.0. The molecule has 7 nitrogen and oxygen atoms in total. The summed E-state index contributed by atoms with van der Waals surface area (Å²) >= 11 is 0. The van der Waals surface area contributed by atoms with Gasteiger partial charge in [0.25, 0.3) is 0 Å². The maximum atomic E-state index is 12.9. The zero-order valence-electron chi connectivity index (χ0n) is 19.5. The van der Waals surface area contributed by atoms with Gasteiger partial charge in [-0.1, -0.05) is 46.0 Å². The Kier molecular flexibility index (Phi) is 7.62. The van der Waals surface area contributed by atoms with Crippen molar-refractivity contribution in [2.45, 2.75) is 76.6 Å². The lowest BCUT2D eigenvalue weighted by molar-refractivity contribution is -0.0580. The minimum atomic E-state index is -3.77. The summed E-state index contributed by atoms with van der Waals surface area (Å²) in [5.41, 5.74) is 1.79. The van der Waals surface area contributed by atoms with Crippen molar-refractivity contribution in [1.82, 2.24) is 4.47 Å². The van der Waals surface area contributed by atoms with Crippen LogP contribution in [-0.2, 0) is 30.4 Å². The highest BCUT2D eigenvalue weighted by Gasteiger charge is 2.42. The van der Waals surface area contributed by atoms with Gasteiger partial charge in [0.15, 0.2) is 6.79 Å². The molecule has 0 aliphatic carbocycles. The van der Waals surface area contributed by atoms with E-state index in [9.17, 15) is 13.5 Å². The van der Waals surface area contributed by atoms with E-state index in [1.165, 1.54) is 7.11 Å². The number of rotatable bonds is 6. The first-order valence-corrected chi connectivity index (χ1v) is 11.8. The number of methoxy groups -OCH3 is 1. The number of benzene rings is 1. The van der Waals surface area contributed by atoms with Gasteiger partial charge in [0.2, 0.25) is 10.0 Å². The first-order chi connectivity index (χ1) is 13.7. The van der Waals surface area contributed by atoms with E-state index in [1.54, 1.807) is 7.11 Å². The van der Waals surface area contributed by atoms with E-state index in [1.807, 2.05) is 12.1 Å². The Morgan fingerprint density at radius 2 is 1.63 bits per heavy atom. The van der Waals surface area contributed by atoms with Gasteiger partial charge in [0.1, 0.15) is 11.0 Å². The predicted octanol–water partition coefficient (Wildman–Crippen LogP) is 3.65. The molecule has 1 fully saturated rings. The van der Waals surface area contributed by atoms with Crippen molar-refractivity contribution in [3.63, 3.8) is 0 Å². The minimum absolute atomic E-state index is 0.105. The largest absolute Gasteiger partial charge is 0.467 e. The third-order valence-corrected chi connectivity index (χ3v) is 7.60. The first kappa shape index (κ1) is 25.1. The molecule has 1 aliphatic rings. The van der Waals surface area contributed by atoms with Gasteiger partial charge >= 0.3 is 0 Å². The fraction of sp³-hybridized carbons (Fsp3) is 0.727. The molecular formula is C22H37NO6S. The van der Waals surface area contributed by atoms with Crippen LogP contribution in [0.15, 0.2) is 12.1 Å². The van der Waals surface area contributed by atoms with E-state index in [0.717, 1.165) is 21.3 Å². The molecule has 0 bridgehead atoms. The molecule has 1 aromatic rings. The van der Waals surface area contributed by atoms with Crippen LogP contribution in [0.5, 0.6) is 5.75 Å².